The Bertz CT molecular complexity index is 533. The Kier molecular flexibility index (Phi) is 2.62. The van der Waals surface area contributed by atoms with E-state index in [0.29, 0.717) is 0 Å². The van der Waals surface area contributed by atoms with Crippen LogP contribution in [0, 0.1) is 0 Å². The molecule has 2 N–H and O–H groups in total. The van der Waals surface area contributed by atoms with Gasteiger partial charge in [0.2, 0.25) is 0 Å². The van der Waals surface area contributed by atoms with Crippen LogP contribution in [0.2, 0.25) is 0 Å². The van der Waals surface area contributed by atoms with Gasteiger partial charge in [0, 0.05) is 31.2 Å². The van der Waals surface area contributed by atoms with E-state index in [4.69, 9.17) is 5.11 Å². The number of aliphatic carboxylic acids is 1. The summed E-state index contributed by atoms with van der Waals surface area (Å²) in [6.07, 6.45) is 2.20. The summed E-state index contributed by atoms with van der Waals surface area (Å²) in [7, 11) is 1.84. The molecule has 0 saturated heterocycles. The molecule has 2 rings (SSSR count). The average Bonchev–Trinajstić information content (AvgIpc) is 2.57. The lowest BCUT2D eigenvalue weighted by Crippen LogP contribution is -2.21. The van der Waals surface area contributed by atoms with E-state index in [9.17, 15) is 9.90 Å². The van der Waals surface area contributed by atoms with Crippen molar-refractivity contribution >= 4 is 17.0 Å². The first-order chi connectivity index (χ1) is 7.59. The van der Waals surface area contributed by atoms with E-state index in [1.54, 1.807) is 18.5 Å². The van der Waals surface area contributed by atoms with Crippen LogP contribution in [-0.4, -0.2) is 31.8 Å². The zero-order valence-corrected chi connectivity index (χ0v) is 8.79. The maximum atomic E-state index is 10.6. The second kappa shape index (κ2) is 3.94. The SMILES string of the molecule is Cn1cc(CC(O)C(=O)O)c2cccnc21. The highest BCUT2D eigenvalue weighted by Crippen LogP contribution is 2.19. The van der Waals surface area contributed by atoms with Gasteiger partial charge in [-0.1, -0.05) is 0 Å². The van der Waals surface area contributed by atoms with E-state index in [0.717, 1.165) is 16.6 Å². The monoisotopic (exact) mass is 220 g/mol. The van der Waals surface area contributed by atoms with Crippen molar-refractivity contribution in [3.63, 3.8) is 0 Å². The number of aliphatic hydroxyl groups excluding tert-OH is 1. The molecule has 0 radical (unpaired) electrons. The van der Waals surface area contributed by atoms with Gasteiger partial charge in [0.05, 0.1) is 0 Å². The molecule has 5 nitrogen and oxygen atoms in total. The number of carboxylic acids is 1. The highest BCUT2D eigenvalue weighted by atomic mass is 16.4. The van der Waals surface area contributed by atoms with Crippen LogP contribution in [0.25, 0.3) is 11.0 Å². The Morgan fingerprint density at radius 1 is 1.62 bits per heavy atom. The van der Waals surface area contributed by atoms with Crippen molar-refractivity contribution in [3.05, 3.63) is 30.1 Å². The summed E-state index contributed by atoms with van der Waals surface area (Å²) in [6, 6.07) is 3.66. The van der Waals surface area contributed by atoms with Gasteiger partial charge in [-0.3, -0.25) is 0 Å². The molecule has 2 aromatic rings. The van der Waals surface area contributed by atoms with Gasteiger partial charge >= 0.3 is 5.97 Å². The summed E-state index contributed by atoms with van der Waals surface area (Å²) in [4.78, 5) is 14.8. The molecule has 1 atom stereocenters. The molecule has 0 fully saturated rings. The quantitative estimate of drug-likeness (QED) is 0.792. The predicted octanol–water partition coefficient (Wildman–Crippen LogP) is 0.561. The molecule has 84 valence electrons. The standard InChI is InChI=1S/C11H12N2O3/c1-13-6-7(5-9(14)11(15)16)8-3-2-4-12-10(8)13/h2-4,6,9,14H,5H2,1H3,(H,15,16). The van der Waals surface area contributed by atoms with Crippen LogP contribution >= 0.6 is 0 Å². The van der Waals surface area contributed by atoms with E-state index in [1.807, 2.05) is 17.7 Å². The highest BCUT2D eigenvalue weighted by Gasteiger charge is 2.17. The van der Waals surface area contributed by atoms with Crippen LogP contribution < -0.4 is 0 Å². The molecular formula is C11H12N2O3. The third-order valence-corrected chi connectivity index (χ3v) is 2.51. The van der Waals surface area contributed by atoms with Crippen LogP contribution in [0.15, 0.2) is 24.5 Å². The Morgan fingerprint density at radius 3 is 3.06 bits per heavy atom. The van der Waals surface area contributed by atoms with Gasteiger partial charge in [-0.25, -0.2) is 9.78 Å². The molecule has 0 aliphatic heterocycles. The molecule has 0 aliphatic rings. The number of pyridine rings is 1. The van der Waals surface area contributed by atoms with Crippen molar-refractivity contribution in [2.45, 2.75) is 12.5 Å². The van der Waals surface area contributed by atoms with Gasteiger partial charge in [0.15, 0.2) is 6.10 Å². The van der Waals surface area contributed by atoms with Crippen LogP contribution in [-0.2, 0) is 18.3 Å². The van der Waals surface area contributed by atoms with Crippen LogP contribution in [0.4, 0.5) is 0 Å². The maximum Gasteiger partial charge on any atom is 0.332 e. The fraction of sp³-hybridized carbons (Fsp3) is 0.273. The minimum absolute atomic E-state index is 0.0956. The molecule has 0 bridgehead atoms. The molecule has 0 aliphatic carbocycles. The van der Waals surface area contributed by atoms with Crippen molar-refractivity contribution in [2.75, 3.05) is 0 Å². The van der Waals surface area contributed by atoms with Gasteiger partial charge in [0.25, 0.3) is 0 Å². The Labute approximate surface area is 92.0 Å². The Balaban J connectivity index is 2.42. The minimum atomic E-state index is -1.37. The van der Waals surface area contributed by atoms with E-state index < -0.39 is 12.1 Å². The fourth-order valence-electron chi connectivity index (χ4n) is 1.75. The van der Waals surface area contributed by atoms with E-state index >= 15 is 0 Å². The predicted molar refractivity (Wildman–Crippen MR) is 58.1 cm³/mol. The van der Waals surface area contributed by atoms with Crippen molar-refractivity contribution < 1.29 is 15.0 Å². The van der Waals surface area contributed by atoms with Crippen LogP contribution in [0.3, 0.4) is 0 Å². The van der Waals surface area contributed by atoms with Crippen LogP contribution in [0.1, 0.15) is 5.56 Å². The normalized spacial score (nSPS) is 12.9. The number of aliphatic hydroxyl groups is 1. The largest absolute Gasteiger partial charge is 0.479 e. The molecule has 0 saturated carbocycles. The fourth-order valence-corrected chi connectivity index (χ4v) is 1.75. The smallest absolute Gasteiger partial charge is 0.332 e. The van der Waals surface area contributed by atoms with E-state index in [-0.39, 0.29) is 6.42 Å². The van der Waals surface area contributed by atoms with Crippen molar-refractivity contribution in [1.29, 1.82) is 0 Å². The number of rotatable bonds is 3. The molecular weight excluding hydrogens is 208 g/mol. The molecule has 2 aromatic heterocycles. The summed E-state index contributed by atoms with van der Waals surface area (Å²) in [5, 5.41) is 18.8. The number of nitrogens with zero attached hydrogens (tertiary/aromatic N) is 2. The number of hydrogen-bond donors (Lipinski definition) is 2. The zero-order chi connectivity index (χ0) is 11.7. The summed E-state index contributed by atoms with van der Waals surface area (Å²) < 4.78 is 1.82. The summed E-state index contributed by atoms with van der Waals surface area (Å²) in [6.45, 7) is 0. The zero-order valence-electron chi connectivity index (χ0n) is 8.79. The minimum Gasteiger partial charge on any atom is -0.479 e. The lowest BCUT2D eigenvalue weighted by molar-refractivity contribution is -0.146. The third kappa shape index (κ3) is 1.77. The summed E-state index contributed by atoms with van der Waals surface area (Å²) >= 11 is 0. The van der Waals surface area contributed by atoms with Gasteiger partial charge in [-0.05, 0) is 17.7 Å². The van der Waals surface area contributed by atoms with E-state index in [1.165, 1.54) is 0 Å². The lowest BCUT2D eigenvalue weighted by atomic mass is 10.1. The molecule has 0 spiro atoms. The van der Waals surface area contributed by atoms with Crippen LogP contribution in [0.5, 0.6) is 0 Å². The maximum absolute atomic E-state index is 10.6. The first-order valence-corrected chi connectivity index (χ1v) is 4.89. The number of aryl methyl sites for hydroxylation is 1. The summed E-state index contributed by atoms with van der Waals surface area (Å²) in [5.41, 5.74) is 1.58. The highest BCUT2D eigenvalue weighted by molar-refractivity contribution is 5.81. The van der Waals surface area contributed by atoms with Gasteiger partial charge in [-0.2, -0.15) is 0 Å². The first-order valence-electron chi connectivity index (χ1n) is 4.89. The van der Waals surface area contributed by atoms with Gasteiger partial charge in [-0.15, -0.1) is 0 Å². The van der Waals surface area contributed by atoms with E-state index in [2.05, 4.69) is 4.98 Å². The second-order valence-electron chi connectivity index (χ2n) is 3.70. The number of aromatic nitrogens is 2. The van der Waals surface area contributed by atoms with Crippen molar-refractivity contribution in [1.82, 2.24) is 9.55 Å². The molecule has 16 heavy (non-hydrogen) atoms. The average molecular weight is 220 g/mol. The first kappa shape index (κ1) is 10.6. The lowest BCUT2D eigenvalue weighted by Gasteiger charge is -2.03. The third-order valence-electron chi connectivity index (χ3n) is 2.51. The number of fused-ring (bicyclic) bond motifs is 1. The number of carboxylic acid groups (broad SMARTS) is 1. The molecule has 2 heterocycles. The summed E-state index contributed by atoms with van der Waals surface area (Å²) in [5.74, 6) is -1.21. The second-order valence-corrected chi connectivity index (χ2v) is 3.70. The van der Waals surface area contributed by atoms with Gasteiger partial charge < -0.3 is 14.8 Å². The molecule has 0 amide bonds. The molecule has 0 aromatic carbocycles. The van der Waals surface area contributed by atoms with Crippen molar-refractivity contribution in [3.8, 4) is 0 Å². The molecule has 1 unspecified atom stereocenters. The van der Waals surface area contributed by atoms with Crippen molar-refractivity contribution in [2.24, 2.45) is 7.05 Å². The Hall–Kier alpha value is -1.88. The Morgan fingerprint density at radius 2 is 2.38 bits per heavy atom. The number of carbonyl (C=O) groups is 1. The topological polar surface area (TPSA) is 75.4 Å². The molecule has 5 heteroatoms. The van der Waals surface area contributed by atoms with Gasteiger partial charge in [0.1, 0.15) is 5.65 Å². The number of hydrogen-bond acceptors (Lipinski definition) is 3.